The number of rotatable bonds is 6. The first-order valence-electron chi connectivity index (χ1n) is 9.70. The van der Waals surface area contributed by atoms with Crippen molar-refractivity contribution in [3.05, 3.63) is 58.5 Å². The summed E-state index contributed by atoms with van der Waals surface area (Å²) in [6.07, 6.45) is 4.57. The van der Waals surface area contributed by atoms with Crippen molar-refractivity contribution in [3.8, 4) is 11.8 Å². The molecule has 0 radical (unpaired) electrons. The fourth-order valence-corrected chi connectivity index (χ4v) is 3.41. The van der Waals surface area contributed by atoms with Crippen LogP contribution in [-0.2, 0) is 4.74 Å². The molecule has 1 atom stereocenters. The Morgan fingerprint density at radius 2 is 2.03 bits per heavy atom. The predicted molar refractivity (Wildman–Crippen MR) is 115 cm³/mol. The van der Waals surface area contributed by atoms with Gasteiger partial charge in [-0.05, 0) is 38.0 Å². The van der Waals surface area contributed by atoms with Crippen molar-refractivity contribution in [1.29, 1.82) is 0 Å². The van der Waals surface area contributed by atoms with E-state index in [9.17, 15) is 4.79 Å². The minimum Gasteiger partial charge on any atom is -0.479 e. The van der Waals surface area contributed by atoms with E-state index in [2.05, 4.69) is 20.2 Å². The first-order chi connectivity index (χ1) is 14.9. The summed E-state index contributed by atoms with van der Waals surface area (Å²) in [5.41, 5.74) is 3.55. The van der Waals surface area contributed by atoms with Crippen LogP contribution in [0.25, 0.3) is 17.0 Å². The Labute approximate surface area is 183 Å². The van der Waals surface area contributed by atoms with Gasteiger partial charge in [0.1, 0.15) is 11.0 Å². The number of carbonyl (C=O) groups excluding carboxylic acids is 1. The molecule has 0 aliphatic heterocycles. The molecule has 0 saturated heterocycles. The van der Waals surface area contributed by atoms with Gasteiger partial charge < -0.3 is 9.47 Å². The van der Waals surface area contributed by atoms with Gasteiger partial charge in [0.05, 0.1) is 37.7 Å². The molecule has 3 aromatic heterocycles. The van der Waals surface area contributed by atoms with Gasteiger partial charge in [0, 0.05) is 11.2 Å². The van der Waals surface area contributed by atoms with E-state index in [0.717, 1.165) is 11.1 Å². The van der Waals surface area contributed by atoms with Gasteiger partial charge in [-0.3, -0.25) is 4.68 Å². The number of methoxy groups -OCH3 is 1. The monoisotopic (exact) mass is 440 g/mol. The fourth-order valence-electron chi connectivity index (χ4n) is 3.22. The first kappa shape index (κ1) is 20.8. The number of ether oxygens (including phenoxy) is 2. The van der Waals surface area contributed by atoms with E-state index < -0.39 is 5.97 Å². The van der Waals surface area contributed by atoms with Crippen LogP contribution in [-0.4, -0.2) is 49.2 Å². The second kappa shape index (κ2) is 8.35. The third-order valence-electron chi connectivity index (χ3n) is 4.94. The average molecular weight is 441 g/mol. The van der Waals surface area contributed by atoms with Gasteiger partial charge in [-0.15, -0.1) is 0 Å². The lowest BCUT2D eigenvalue weighted by Crippen LogP contribution is -2.11. The van der Waals surface area contributed by atoms with Crippen molar-refractivity contribution in [1.82, 2.24) is 29.5 Å². The maximum absolute atomic E-state index is 11.9. The third kappa shape index (κ3) is 3.84. The first-order valence-corrected chi connectivity index (χ1v) is 10.1. The standard InChI is InChI=1S/C21H21ClN6O3/c1-5-31-20(29)15-9-23-27(11-15)21-25-17-10-24-28(18(17)19(26-21)30-4)13(3)14-7-6-12(2)16(22)8-14/h6-11,13H,5H2,1-4H3. The molecule has 0 N–H and O–H groups in total. The zero-order valence-corrected chi connectivity index (χ0v) is 18.3. The Morgan fingerprint density at radius 3 is 2.74 bits per heavy atom. The summed E-state index contributed by atoms with van der Waals surface area (Å²) < 4.78 is 13.7. The summed E-state index contributed by atoms with van der Waals surface area (Å²) in [5, 5.41) is 9.38. The molecule has 9 nitrogen and oxygen atoms in total. The van der Waals surface area contributed by atoms with E-state index in [1.165, 1.54) is 24.2 Å². The lowest BCUT2D eigenvalue weighted by molar-refractivity contribution is 0.0526. The van der Waals surface area contributed by atoms with Crippen LogP contribution in [0.4, 0.5) is 0 Å². The van der Waals surface area contributed by atoms with Crippen molar-refractivity contribution < 1.29 is 14.3 Å². The predicted octanol–water partition coefficient (Wildman–Crippen LogP) is 3.77. The lowest BCUT2D eigenvalue weighted by Gasteiger charge is -2.16. The molecule has 31 heavy (non-hydrogen) atoms. The number of aromatic nitrogens is 6. The van der Waals surface area contributed by atoms with Gasteiger partial charge >= 0.3 is 5.97 Å². The minimum atomic E-state index is -0.458. The molecule has 1 unspecified atom stereocenters. The van der Waals surface area contributed by atoms with Gasteiger partial charge in [0.15, 0.2) is 0 Å². The van der Waals surface area contributed by atoms with E-state index >= 15 is 0 Å². The highest BCUT2D eigenvalue weighted by Gasteiger charge is 2.20. The fraction of sp³-hybridized carbons (Fsp3) is 0.286. The number of carbonyl (C=O) groups is 1. The molecule has 1 aromatic carbocycles. The summed E-state index contributed by atoms with van der Waals surface area (Å²) >= 11 is 6.31. The number of benzene rings is 1. The Balaban J connectivity index is 1.75. The van der Waals surface area contributed by atoms with Gasteiger partial charge in [-0.1, -0.05) is 23.7 Å². The van der Waals surface area contributed by atoms with Crippen molar-refractivity contribution in [2.24, 2.45) is 0 Å². The molecule has 3 heterocycles. The maximum atomic E-state index is 11.9. The number of hydrogen-bond acceptors (Lipinski definition) is 7. The molecule has 0 aliphatic carbocycles. The van der Waals surface area contributed by atoms with Crippen LogP contribution < -0.4 is 4.74 Å². The molecular formula is C21H21ClN6O3. The van der Waals surface area contributed by atoms with Crippen molar-refractivity contribution >= 4 is 28.6 Å². The van der Waals surface area contributed by atoms with Crippen molar-refractivity contribution in [2.75, 3.05) is 13.7 Å². The van der Waals surface area contributed by atoms with Crippen LogP contribution in [0.5, 0.6) is 5.88 Å². The smallest absolute Gasteiger partial charge is 0.341 e. The third-order valence-corrected chi connectivity index (χ3v) is 5.35. The van der Waals surface area contributed by atoms with E-state index in [0.29, 0.717) is 27.5 Å². The van der Waals surface area contributed by atoms with E-state index in [1.54, 1.807) is 17.8 Å². The lowest BCUT2D eigenvalue weighted by atomic mass is 10.1. The molecular weight excluding hydrogens is 420 g/mol. The Kier molecular flexibility index (Phi) is 5.60. The number of esters is 1. The van der Waals surface area contributed by atoms with Crippen LogP contribution in [0.2, 0.25) is 5.02 Å². The second-order valence-corrected chi connectivity index (χ2v) is 7.34. The zero-order valence-electron chi connectivity index (χ0n) is 17.5. The molecule has 4 rings (SSSR count). The largest absolute Gasteiger partial charge is 0.479 e. The van der Waals surface area contributed by atoms with Crippen molar-refractivity contribution in [3.63, 3.8) is 0 Å². The summed E-state index contributed by atoms with van der Waals surface area (Å²) in [6, 6.07) is 5.79. The quantitative estimate of drug-likeness (QED) is 0.421. The average Bonchev–Trinajstić information content (AvgIpc) is 3.42. The maximum Gasteiger partial charge on any atom is 0.341 e. The number of fused-ring (bicyclic) bond motifs is 1. The molecule has 0 amide bonds. The molecule has 0 aliphatic rings. The minimum absolute atomic E-state index is 0.126. The van der Waals surface area contributed by atoms with Crippen LogP contribution in [0.3, 0.4) is 0 Å². The number of aryl methyl sites for hydroxylation is 1. The Morgan fingerprint density at radius 1 is 1.23 bits per heavy atom. The molecule has 0 saturated carbocycles. The number of nitrogens with zero attached hydrogens (tertiary/aromatic N) is 6. The van der Waals surface area contributed by atoms with Crippen LogP contribution in [0.15, 0.2) is 36.8 Å². The van der Waals surface area contributed by atoms with Crippen LogP contribution in [0, 0.1) is 6.92 Å². The van der Waals surface area contributed by atoms with E-state index in [-0.39, 0.29) is 18.6 Å². The SMILES string of the molecule is CCOC(=O)c1cnn(-c2nc(OC)c3c(cnn3C(C)c3ccc(C)c(Cl)c3)n2)c1. The van der Waals surface area contributed by atoms with Crippen LogP contribution >= 0.6 is 11.6 Å². The molecule has 0 fully saturated rings. The summed E-state index contributed by atoms with van der Waals surface area (Å²) in [4.78, 5) is 20.9. The van der Waals surface area contributed by atoms with Gasteiger partial charge in [-0.2, -0.15) is 15.2 Å². The molecule has 10 heteroatoms. The Hall–Kier alpha value is -3.46. The number of hydrogen-bond donors (Lipinski definition) is 0. The summed E-state index contributed by atoms with van der Waals surface area (Å²) in [7, 11) is 1.53. The highest BCUT2D eigenvalue weighted by Crippen LogP contribution is 2.30. The summed E-state index contributed by atoms with van der Waals surface area (Å²) in [6.45, 7) is 6.00. The zero-order chi connectivity index (χ0) is 22.1. The normalized spacial score (nSPS) is 12.2. The van der Waals surface area contributed by atoms with E-state index in [4.69, 9.17) is 21.1 Å². The summed E-state index contributed by atoms with van der Waals surface area (Å²) in [5.74, 6) is 0.140. The van der Waals surface area contributed by atoms with Gasteiger partial charge in [0.25, 0.3) is 5.95 Å². The van der Waals surface area contributed by atoms with Gasteiger partial charge in [-0.25, -0.2) is 14.5 Å². The van der Waals surface area contributed by atoms with Gasteiger partial charge in [0.2, 0.25) is 5.88 Å². The van der Waals surface area contributed by atoms with Crippen LogP contribution in [0.1, 0.15) is 41.4 Å². The molecule has 0 spiro atoms. The topological polar surface area (TPSA) is 97.0 Å². The molecule has 4 aromatic rings. The Bertz CT molecular complexity index is 1270. The molecule has 0 bridgehead atoms. The highest BCUT2D eigenvalue weighted by molar-refractivity contribution is 6.31. The highest BCUT2D eigenvalue weighted by atomic mass is 35.5. The second-order valence-electron chi connectivity index (χ2n) is 6.93. The number of halogens is 1. The van der Waals surface area contributed by atoms with E-state index in [1.807, 2.05) is 32.0 Å². The van der Waals surface area contributed by atoms with Crippen molar-refractivity contribution in [2.45, 2.75) is 26.8 Å². The molecule has 160 valence electrons.